The van der Waals surface area contributed by atoms with Gasteiger partial charge >= 0.3 is 0 Å². The van der Waals surface area contributed by atoms with Crippen LogP contribution < -0.4 is 0 Å². The lowest BCUT2D eigenvalue weighted by Gasteiger charge is -2.32. The molecular weight excluding hydrogens is 384 g/mol. The highest BCUT2D eigenvalue weighted by molar-refractivity contribution is 6.30. The van der Waals surface area contributed by atoms with Crippen molar-refractivity contribution in [1.29, 1.82) is 0 Å². The molecule has 148 valence electrons. The van der Waals surface area contributed by atoms with E-state index in [1.165, 1.54) is 17.3 Å². The second-order valence-corrected chi connectivity index (χ2v) is 7.97. The number of likely N-dealkylation sites (tertiary alicyclic amines) is 1. The second-order valence-electron chi connectivity index (χ2n) is 7.53. The van der Waals surface area contributed by atoms with E-state index in [9.17, 15) is 4.79 Å². The maximum Gasteiger partial charge on any atom is 0.274 e. The first-order chi connectivity index (χ1) is 14.1. The summed E-state index contributed by atoms with van der Waals surface area (Å²) < 4.78 is 0. The van der Waals surface area contributed by atoms with Gasteiger partial charge in [0.15, 0.2) is 0 Å². The van der Waals surface area contributed by atoms with Gasteiger partial charge < -0.3 is 4.90 Å². The number of pyridine rings is 1. The summed E-state index contributed by atoms with van der Waals surface area (Å²) in [7, 11) is 0. The van der Waals surface area contributed by atoms with Gasteiger partial charge in [0.25, 0.3) is 5.91 Å². The summed E-state index contributed by atoms with van der Waals surface area (Å²) in [5, 5.41) is 0.749. The Balaban J connectivity index is 1.53. The first-order valence-electron chi connectivity index (χ1n) is 9.85. The average Bonchev–Trinajstić information content (AvgIpc) is 2.73. The van der Waals surface area contributed by atoms with Crippen molar-refractivity contribution in [3.8, 4) is 0 Å². The summed E-state index contributed by atoms with van der Waals surface area (Å²) in [6.07, 6.45) is 7.45. The van der Waals surface area contributed by atoms with E-state index in [4.69, 9.17) is 16.6 Å². The zero-order chi connectivity index (χ0) is 20.2. The van der Waals surface area contributed by atoms with Gasteiger partial charge in [0.2, 0.25) is 0 Å². The van der Waals surface area contributed by atoms with Gasteiger partial charge in [-0.2, -0.15) is 0 Å². The molecule has 29 heavy (non-hydrogen) atoms. The van der Waals surface area contributed by atoms with Crippen molar-refractivity contribution in [3.63, 3.8) is 0 Å². The highest BCUT2D eigenvalue weighted by Gasteiger charge is 2.27. The summed E-state index contributed by atoms with van der Waals surface area (Å²) in [4.78, 5) is 27.6. The van der Waals surface area contributed by atoms with E-state index in [2.05, 4.69) is 28.2 Å². The van der Waals surface area contributed by atoms with Crippen molar-refractivity contribution in [2.24, 2.45) is 0 Å². The number of carbonyl (C=O) groups is 1. The fourth-order valence-electron chi connectivity index (χ4n) is 3.94. The van der Waals surface area contributed by atoms with Crippen LogP contribution in [0.3, 0.4) is 0 Å². The first kappa shape index (κ1) is 19.5. The lowest BCUT2D eigenvalue weighted by atomic mass is 9.92. The van der Waals surface area contributed by atoms with E-state index in [0.717, 1.165) is 42.2 Å². The van der Waals surface area contributed by atoms with Gasteiger partial charge in [-0.1, -0.05) is 23.7 Å². The molecule has 0 spiro atoms. The van der Waals surface area contributed by atoms with Crippen LogP contribution in [0.1, 0.15) is 51.8 Å². The van der Waals surface area contributed by atoms with Crippen LogP contribution in [0.2, 0.25) is 5.02 Å². The molecule has 1 saturated heterocycles. The fraction of sp³-hybridized carbons (Fsp3) is 0.304. The molecule has 1 atom stereocenters. The van der Waals surface area contributed by atoms with Gasteiger partial charge in [-0.3, -0.25) is 14.8 Å². The number of hydrogen-bond donors (Lipinski definition) is 0. The number of aryl methyl sites for hydroxylation is 1. The maximum absolute atomic E-state index is 12.8. The van der Waals surface area contributed by atoms with E-state index in [1.54, 1.807) is 12.4 Å². The van der Waals surface area contributed by atoms with E-state index in [1.807, 2.05) is 30.0 Å². The van der Waals surface area contributed by atoms with Crippen molar-refractivity contribution >= 4 is 17.5 Å². The molecule has 1 amide bonds. The predicted molar refractivity (Wildman–Crippen MR) is 113 cm³/mol. The standard InChI is InChI=1S/C23H23ClN4O/c1-16-10-18(11-17-4-2-6-20(24)12-17)13-21(27-16)19-5-3-9-28(15-19)23(29)22-14-25-7-8-26-22/h2,4,6-8,10,12-14,19H,3,5,9,11,15H2,1H3/t19-/m0/s1. The topological polar surface area (TPSA) is 59.0 Å². The van der Waals surface area contributed by atoms with E-state index in [-0.39, 0.29) is 11.8 Å². The molecule has 0 unspecified atom stereocenters. The molecule has 5 nitrogen and oxygen atoms in total. The molecule has 1 aliphatic heterocycles. The molecule has 0 aliphatic carbocycles. The summed E-state index contributed by atoms with van der Waals surface area (Å²) in [5.74, 6) is 0.164. The van der Waals surface area contributed by atoms with Gasteiger partial charge in [0.1, 0.15) is 5.69 Å². The Morgan fingerprint density at radius 1 is 1.21 bits per heavy atom. The van der Waals surface area contributed by atoms with Crippen LogP contribution in [0.4, 0.5) is 0 Å². The molecule has 3 heterocycles. The van der Waals surface area contributed by atoms with Gasteiger partial charge in [0.05, 0.1) is 6.20 Å². The number of rotatable bonds is 4. The van der Waals surface area contributed by atoms with Crippen LogP contribution in [0.5, 0.6) is 0 Å². The van der Waals surface area contributed by atoms with Crippen molar-refractivity contribution in [3.05, 3.63) is 88.2 Å². The summed E-state index contributed by atoms with van der Waals surface area (Å²) in [6, 6.07) is 12.2. The SMILES string of the molecule is Cc1cc(Cc2cccc(Cl)c2)cc([C@H]2CCCN(C(=O)c3cnccn3)C2)n1. The minimum atomic E-state index is -0.0606. The summed E-state index contributed by atoms with van der Waals surface area (Å²) in [5.41, 5.74) is 4.84. The first-order valence-corrected chi connectivity index (χ1v) is 10.2. The Morgan fingerprint density at radius 3 is 2.90 bits per heavy atom. The molecule has 6 heteroatoms. The molecule has 1 aliphatic rings. The molecule has 0 bridgehead atoms. The Morgan fingerprint density at radius 2 is 2.10 bits per heavy atom. The average molecular weight is 407 g/mol. The Kier molecular flexibility index (Phi) is 5.86. The number of benzene rings is 1. The number of nitrogens with zero attached hydrogens (tertiary/aromatic N) is 4. The number of piperidine rings is 1. The van der Waals surface area contributed by atoms with Gasteiger partial charge in [-0.25, -0.2) is 4.98 Å². The molecule has 0 radical (unpaired) electrons. The Bertz CT molecular complexity index is 1010. The molecule has 3 aromatic rings. The van der Waals surface area contributed by atoms with Crippen molar-refractivity contribution in [2.45, 2.75) is 32.1 Å². The van der Waals surface area contributed by atoms with Gasteiger partial charge in [-0.05, 0) is 61.6 Å². The van der Waals surface area contributed by atoms with E-state index >= 15 is 0 Å². The maximum atomic E-state index is 12.8. The van der Waals surface area contributed by atoms with Crippen LogP contribution >= 0.6 is 11.6 Å². The Labute approximate surface area is 175 Å². The van der Waals surface area contributed by atoms with Crippen LogP contribution in [0.15, 0.2) is 55.0 Å². The molecule has 0 saturated carbocycles. The molecule has 2 aromatic heterocycles. The van der Waals surface area contributed by atoms with E-state index in [0.29, 0.717) is 12.2 Å². The number of carbonyl (C=O) groups excluding carboxylic acids is 1. The number of aromatic nitrogens is 3. The zero-order valence-corrected chi connectivity index (χ0v) is 17.1. The molecule has 4 rings (SSSR count). The van der Waals surface area contributed by atoms with E-state index < -0.39 is 0 Å². The van der Waals surface area contributed by atoms with Crippen LogP contribution in [0, 0.1) is 6.92 Å². The molecular formula is C23H23ClN4O. The molecule has 1 aromatic carbocycles. The third kappa shape index (κ3) is 4.80. The zero-order valence-electron chi connectivity index (χ0n) is 16.4. The number of hydrogen-bond acceptors (Lipinski definition) is 4. The third-order valence-corrected chi connectivity index (χ3v) is 5.47. The van der Waals surface area contributed by atoms with Crippen molar-refractivity contribution in [2.75, 3.05) is 13.1 Å². The highest BCUT2D eigenvalue weighted by Crippen LogP contribution is 2.28. The largest absolute Gasteiger partial charge is 0.337 e. The van der Waals surface area contributed by atoms with Crippen LogP contribution in [-0.4, -0.2) is 38.8 Å². The molecule has 1 fully saturated rings. The minimum Gasteiger partial charge on any atom is -0.337 e. The number of amides is 1. The minimum absolute atomic E-state index is 0.0606. The lowest BCUT2D eigenvalue weighted by Crippen LogP contribution is -2.39. The monoisotopic (exact) mass is 406 g/mol. The quantitative estimate of drug-likeness (QED) is 0.642. The molecule has 0 N–H and O–H groups in total. The predicted octanol–water partition coefficient (Wildman–Crippen LogP) is 4.44. The van der Waals surface area contributed by atoms with Crippen LogP contribution in [0.25, 0.3) is 0 Å². The normalized spacial score (nSPS) is 16.6. The second kappa shape index (κ2) is 8.70. The fourth-order valence-corrected chi connectivity index (χ4v) is 4.15. The summed E-state index contributed by atoms with van der Waals surface area (Å²) >= 11 is 6.13. The van der Waals surface area contributed by atoms with Crippen molar-refractivity contribution in [1.82, 2.24) is 19.9 Å². The highest BCUT2D eigenvalue weighted by atomic mass is 35.5. The van der Waals surface area contributed by atoms with Gasteiger partial charge in [0, 0.05) is 47.8 Å². The summed E-state index contributed by atoms with van der Waals surface area (Å²) in [6.45, 7) is 3.42. The van der Waals surface area contributed by atoms with Crippen molar-refractivity contribution < 1.29 is 4.79 Å². The number of halogens is 1. The van der Waals surface area contributed by atoms with Gasteiger partial charge in [-0.15, -0.1) is 0 Å². The third-order valence-electron chi connectivity index (χ3n) is 5.24. The smallest absolute Gasteiger partial charge is 0.274 e. The Hall–Kier alpha value is -2.79. The van der Waals surface area contributed by atoms with Crippen LogP contribution in [-0.2, 0) is 6.42 Å². The lowest BCUT2D eigenvalue weighted by molar-refractivity contribution is 0.0699.